The normalized spacial score (nSPS) is 13.6. The van der Waals surface area contributed by atoms with E-state index < -0.39 is 0 Å². The van der Waals surface area contributed by atoms with Crippen LogP contribution in [0, 0.1) is 0 Å². The van der Waals surface area contributed by atoms with Gasteiger partial charge in [-0.15, -0.1) is 23.7 Å². The summed E-state index contributed by atoms with van der Waals surface area (Å²) in [6, 6.07) is 8.28. The van der Waals surface area contributed by atoms with Crippen molar-refractivity contribution in [3.05, 3.63) is 40.9 Å². The minimum Gasteiger partial charge on any atom is -0.380 e. The number of nitrogens with one attached hydrogen (secondary N) is 1. The third-order valence-corrected chi connectivity index (χ3v) is 4.90. The average molecular weight is 367 g/mol. The van der Waals surface area contributed by atoms with E-state index in [9.17, 15) is 4.79 Å². The molecule has 1 aromatic carbocycles. The maximum atomic E-state index is 12.0. The van der Waals surface area contributed by atoms with Crippen LogP contribution in [0.2, 0.25) is 0 Å². The second kappa shape index (κ2) is 8.89. The third-order valence-electron chi connectivity index (χ3n) is 4.08. The first-order chi connectivity index (χ1) is 11.2. The minimum atomic E-state index is 0. The molecule has 2 heterocycles. The Morgan fingerprint density at radius 3 is 2.58 bits per heavy atom. The molecule has 1 aromatic heterocycles. The number of carbonyl (C=O) groups excluding carboxylic acids is 1. The van der Waals surface area contributed by atoms with Crippen molar-refractivity contribution in [2.24, 2.45) is 0 Å². The number of nitrogen functional groups attached to an aromatic ring is 1. The Morgan fingerprint density at radius 1 is 1.25 bits per heavy atom. The van der Waals surface area contributed by atoms with Crippen molar-refractivity contribution in [2.75, 3.05) is 24.1 Å². The molecule has 3 N–H and O–H groups in total. The highest BCUT2D eigenvalue weighted by atomic mass is 35.5. The molecule has 1 aliphatic rings. The first-order valence-corrected chi connectivity index (χ1v) is 8.83. The Bertz CT molecular complexity index is 653. The van der Waals surface area contributed by atoms with Gasteiger partial charge in [-0.05, 0) is 37.0 Å². The van der Waals surface area contributed by atoms with Crippen LogP contribution in [0.5, 0.6) is 0 Å². The fourth-order valence-electron chi connectivity index (χ4n) is 2.76. The van der Waals surface area contributed by atoms with Crippen molar-refractivity contribution in [2.45, 2.75) is 32.2 Å². The monoisotopic (exact) mass is 366 g/mol. The smallest absolute Gasteiger partial charge is 0.222 e. The predicted octanol–water partition coefficient (Wildman–Crippen LogP) is 3.31. The van der Waals surface area contributed by atoms with Gasteiger partial charge in [-0.1, -0.05) is 12.1 Å². The lowest BCUT2D eigenvalue weighted by atomic mass is 10.1. The molecule has 0 radical (unpaired) electrons. The summed E-state index contributed by atoms with van der Waals surface area (Å²) in [6.45, 7) is 2.59. The van der Waals surface area contributed by atoms with E-state index in [1.54, 1.807) is 6.20 Å². The van der Waals surface area contributed by atoms with E-state index in [2.05, 4.69) is 34.6 Å². The molecule has 0 aliphatic carbocycles. The number of amides is 1. The molecule has 2 aromatic rings. The van der Waals surface area contributed by atoms with Gasteiger partial charge >= 0.3 is 0 Å². The van der Waals surface area contributed by atoms with Crippen molar-refractivity contribution in [1.82, 2.24) is 9.88 Å². The molecular weight excluding hydrogens is 344 g/mol. The number of rotatable bonds is 6. The van der Waals surface area contributed by atoms with Crippen molar-refractivity contribution in [1.29, 1.82) is 0 Å². The molecule has 7 heteroatoms. The zero-order valence-electron chi connectivity index (χ0n) is 13.5. The highest BCUT2D eigenvalue weighted by Crippen LogP contribution is 2.18. The molecule has 0 bridgehead atoms. The predicted molar refractivity (Wildman–Crippen MR) is 102 cm³/mol. The molecular formula is C17H23ClN4OS. The van der Waals surface area contributed by atoms with Gasteiger partial charge < -0.3 is 16.0 Å². The summed E-state index contributed by atoms with van der Waals surface area (Å²) in [6.07, 6.45) is 5.51. The number of thiazole rings is 1. The summed E-state index contributed by atoms with van der Waals surface area (Å²) in [5, 5.41) is 3.95. The number of aryl methyl sites for hydroxylation is 1. The highest BCUT2D eigenvalue weighted by Gasteiger charge is 2.17. The van der Waals surface area contributed by atoms with Gasteiger partial charge in [0.15, 0.2) is 5.13 Å². The van der Waals surface area contributed by atoms with Gasteiger partial charge in [0, 0.05) is 36.3 Å². The number of hydrogen-bond donors (Lipinski definition) is 2. The van der Waals surface area contributed by atoms with Crippen LogP contribution in [-0.2, 0) is 17.8 Å². The van der Waals surface area contributed by atoms with Crippen LogP contribution in [0.3, 0.4) is 0 Å². The van der Waals surface area contributed by atoms with Crippen LogP contribution in [0.15, 0.2) is 30.5 Å². The van der Waals surface area contributed by atoms with Crippen LogP contribution in [0.25, 0.3) is 0 Å². The number of nitrogens with zero attached hydrogens (tertiary/aromatic N) is 2. The lowest BCUT2D eigenvalue weighted by Gasteiger charge is -2.15. The van der Waals surface area contributed by atoms with E-state index in [1.807, 2.05) is 4.90 Å². The van der Waals surface area contributed by atoms with Crippen LogP contribution in [0.1, 0.15) is 29.7 Å². The van der Waals surface area contributed by atoms with Gasteiger partial charge in [-0.2, -0.15) is 0 Å². The Hall–Kier alpha value is -1.79. The number of halogens is 1. The summed E-state index contributed by atoms with van der Waals surface area (Å²) in [4.78, 5) is 19.2. The van der Waals surface area contributed by atoms with E-state index in [0.29, 0.717) is 11.6 Å². The lowest BCUT2D eigenvalue weighted by Crippen LogP contribution is -2.27. The molecule has 0 atom stereocenters. The fourth-order valence-corrected chi connectivity index (χ4v) is 3.38. The lowest BCUT2D eigenvalue weighted by molar-refractivity contribution is -0.130. The quantitative estimate of drug-likeness (QED) is 0.822. The van der Waals surface area contributed by atoms with E-state index in [4.69, 9.17) is 5.73 Å². The molecule has 0 unspecified atom stereocenters. The molecule has 3 rings (SSSR count). The van der Waals surface area contributed by atoms with E-state index in [-0.39, 0.29) is 18.3 Å². The number of anilines is 2. The molecule has 130 valence electrons. The second-order valence-electron chi connectivity index (χ2n) is 5.80. The summed E-state index contributed by atoms with van der Waals surface area (Å²) in [7, 11) is 0. The first-order valence-electron chi connectivity index (χ1n) is 8.01. The molecule has 24 heavy (non-hydrogen) atoms. The summed E-state index contributed by atoms with van der Waals surface area (Å²) >= 11 is 1.50. The minimum absolute atomic E-state index is 0. The number of carbonyl (C=O) groups is 1. The van der Waals surface area contributed by atoms with Gasteiger partial charge in [0.25, 0.3) is 0 Å². The largest absolute Gasteiger partial charge is 0.380 e. The third kappa shape index (κ3) is 5.11. The maximum absolute atomic E-state index is 12.0. The number of nitrogens with two attached hydrogens (primary N) is 1. The van der Waals surface area contributed by atoms with Gasteiger partial charge in [-0.25, -0.2) is 4.98 Å². The van der Waals surface area contributed by atoms with Gasteiger partial charge in [0.1, 0.15) is 0 Å². The van der Waals surface area contributed by atoms with Crippen LogP contribution < -0.4 is 11.1 Å². The SMILES string of the molecule is Cl.Nc1ncc(CNc2ccc(CCC(=O)N3CCCC3)cc2)s1. The molecule has 1 fully saturated rings. The number of aromatic nitrogens is 1. The molecule has 1 amide bonds. The molecule has 1 aliphatic heterocycles. The first kappa shape index (κ1) is 18.5. The van der Waals surface area contributed by atoms with E-state index in [0.717, 1.165) is 49.5 Å². The highest BCUT2D eigenvalue weighted by molar-refractivity contribution is 7.15. The molecule has 5 nitrogen and oxygen atoms in total. The van der Waals surface area contributed by atoms with Crippen LogP contribution in [-0.4, -0.2) is 28.9 Å². The second-order valence-corrected chi connectivity index (χ2v) is 6.95. The zero-order valence-corrected chi connectivity index (χ0v) is 15.2. The number of hydrogen-bond acceptors (Lipinski definition) is 5. The fraction of sp³-hybridized carbons (Fsp3) is 0.412. The van der Waals surface area contributed by atoms with Gasteiger partial charge in [0.05, 0.1) is 6.54 Å². The summed E-state index contributed by atoms with van der Waals surface area (Å²) < 4.78 is 0. The van der Waals surface area contributed by atoms with Crippen LogP contribution >= 0.6 is 23.7 Å². The van der Waals surface area contributed by atoms with Gasteiger partial charge in [0.2, 0.25) is 5.91 Å². The number of benzene rings is 1. The summed E-state index contributed by atoms with van der Waals surface area (Å²) in [5.74, 6) is 0.285. The van der Waals surface area contributed by atoms with E-state index in [1.165, 1.54) is 16.9 Å². The Balaban J connectivity index is 0.00000208. The Labute approximate surface area is 152 Å². The Kier molecular flexibility index (Phi) is 6.87. The van der Waals surface area contributed by atoms with Crippen molar-refractivity contribution >= 4 is 40.5 Å². The topological polar surface area (TPSA) is 71.2 Å². The summed E-state index contributed by atoms with van der Waals surface area (Å²) in [5.41, 5.74) is 7.88. The van der Waals surface area contributed by atoms with Crippen molar-refractivity contribution in [3.63, 3.8) is 0 Å². The maximum Gasteiger partial charge on any atom is 0.222 e. The molecule has 0 spiro atoms. The molecule has 0 saturated carbocycles. The van der Waals surface area contributed by atoms with Crippen LogP contribution in [0.4, 0.5) is 10.8 Å². The molecule has 1 saturated heterocycles. The van der Waals surface area contributed by atoms with E-state index >= 15 is 0 Å². The average Bonchev–Trinajstić information content (AvgIpc) is 3.23. The zero-order chi connectivity index (χ0) is 16.1. The Morgan fingerprint density at radius 2 is 1.96 bits per heavy atom. The van der Waals surface area contributed by atoms with Crippen molar-refractivity contribution < 1.29 is 4.79 Å². The van der Waals surface area contributed by atoms with Gasteiger partial charge in [-0.3, -0.25) is 4.79 Å². The van der Waals surface area contributed by atoms with Crippen molar-refractivity contribution in [3.8, 4) is 0 Å². The standard InChI is InChI=1S/C17H22N4OS.ClH/c18-17-20-12-15(23-17)11-19-14-6-3-13(4-7-14)5-8-16(22)21-9-1-2-10-21;/h3-4,6-7,12,19H,1-2,5,8-11H2,(H2,18,20);1H. The number of likely N-dealkylation sites (tertiary alicyclic amines) is 1.